The van der Waals surface area contributed by atoms with E-state index in [1.165, 1.54) is 4.90 Å². The van der Waals surface area contributed by atoms with Crippen molar-refractivity contribution in [3.8, 4) is 5.75 Å². The summed E-state index contributed by atoms with van der Waals surface area (Å²) in [7, 11) is 1.57. The number of halogens is 1. The van der Waals surface area contributed by atoms with E-state index < -0.39 is 6.04 Å². The fourth-order valence-electron chi connectivity index (χ4n) is 2.55. The Bertz CT molecular complexity index is 763. The van der Waals surface area contributed by atoms with E-state index in [1.54, 1.807) is 37.4 Å². The average Bonchev–Trinajstić information content (AvgIpc) is 2.81. The van der Waals surface area contributed by atoms with Crippen LogP contribution in [0.1, 0.15) is 6.42 Å². The van der Waals surface area contributed by atoms with Gasteiger partial charge in [-0.1, -0.05) is 23.7 Å². The van der Waals surface area contributed by atoms with Crippen LogP contribution >= 0.6 is 11.6 Å². The van der Waals surface area contributed by atoms with Gasteiger partial charge in [0.2, 0.25) is 5.91 Å². The summed E-state index contributed by atoms with van der Waals surface area (Å²) in [5.41, 5.74) is 1.21. The van der Waals surface area contributed by atoms with E-state index in [0.717, 1.165) is 5.69 Å². The minimum Gasteiger partial charge on any atom is -0.497 e. The summed E-state index contributed by atoms with van der Waals surface area (Å²) < 4.78 is 5.15. The molecule has 1 aliphatic heterocycles. The Morgan fingerprint density at radius 2 is 1.96 bits per heavy atom. The highest BCUT2D eigenvalue weighted by molar-refractivity contribution is 6.31. The lowest BCUT2D eigenvalue weighted by Gasteiger charge is -2.16. The predicted octanol–water partition coefficient (Wildman–Crippen LogP) is 3.09. The Kier molecular flexibility index (Phi) is 4.21. The zero-order valence-corrected chi connectivity index (χ0v) is 13.2. The van der Waals surface area contributed by atoms with Crippen molar-refractivity contribution in [2.45, 2.75) is 12.5 Å². The molecule has 0 saturated carbocycles. The molecule has 0 bridgehead atoms. The lowest BCUT2D eigenvalue weighted by atomic mass is 10.2. The van der Waals surface area contributed by atoms with E-state index >= 15 is 0 Å². The number of ether oxygens (including phenoxy) is 1. The summed E-state index contributed by atoms with van der Waals surface area (Å²) >= 11 is 5.94. The molecule has 2 amide bonds. The molecular weight excluding hydrogens is 316 g/mol. The monoisotopic (exact) mass is 330 g/mol. The van der Waals surface area contributed by atoms with Crippen molar-refractivity contribution >= 4 is 34.8 Å². The normalized spacial score (nSPS) is 17.5. The number of imide groups is 1. The van der Waals surface area contributed by atoms with Crippen LogP contribution < -0.4 is 15.0 Å². The van der Waals surface area contributed by atoms with Crippen molar-refractivity contribution in [1.29, 1.82) is 0 Å². The van der Waals surface area contributed by atoms with Crippen LogP contribution in [0.15, 0.2) is 48.5 Å². The van der Waals surface area contributed by atoms with Gasteiger partial charge in [0.05, 0.1) is 19.2 Å². The van der Waals surface area contributed by atoms with Gasteiger partial charge >= 0.3 is 0 Å². The smallest absolute Gasteiger partial charge is 0.256 e. The topological polar surface area (TPSA) is 58.6 Å². The highest BCUT2D eigenvalue weighted by atomic mass is 35.5. The summed E-state index contributed by atoms with van der Waals surface area (Å²) in [4.78, 5) is 25.9. The molecule has 1 heterocycles. The first-order valence-electron chi connectivity index (χ1n) is 7.11. The first kappa shape index (κ1) is 15.4. The molecule has 1 saturated heterocycles. The van der Waals surface area contributed by atoms with Crippen LogP contribution in [0.2, 0.25) is 5.02 Å². The second-order valence-electron chi connectivity index (χ2n) is 5.18. The SMILES string of the molecule is COc1cccc(N[C@H]2CC(=O)N(c3cccc(Cl)c3)C2=O)c1. The minimum absolute atomic E-state index is 0.0998. The van der Waals surface area contributed by atoms with Crippen LogP contribution in [0.25, 0.3) is 0 Å². The molecule has 6 heteroatoms. The number of nitrogens with zero attached hydrogens (tertiary/aromatic N) is 1. The molecule has 2 aromatic rings. The van der Waals surface area contributed by atoms with Gasteiger partial charge in [-0.15, -0.1) is 0 Å². The molecule has 1 aliphatic rings. The van der Waals surface area contributed by atoms with Gasteiger partial charge in [-0.3, -0.25) is 9.59 Å². The van der Waals surface area contributed by atoms with Crippen LogP contribution in [0.3, 0.4) is 0 Å². The second kappa shape index (κ2) is 6.30. The lowest BCUT2D eigenvalue weighted by molar-refractivity contribution is -0.121. The Morgan fingerprint density at radius 3 is 2.70 bits per heavy atom. The molecule has 1 fully saturated rings. The number of carbonyl (C=O) groups is 2. The van der Waals surface area contributed by atoms with Gasteiger partial charge in [-0.05, 0) is 30.3 Å². The summed E-state index contributed by atoms with van der Waals surface area (Å²) in [5.74, 6) is 0.135. The third-order valence-electron chi connectivity index (χ3n) is 3.62. The molecule has 118 valence electrons. The second-order valence-corrected chi connectivity index (χ2v) is 5.62. The van der Waals surface area contributed by atoms with Crippen LogP contribution in [-0.4, -0.2) is 25.0 Å². The molecule has 0 aromatic heterocycles. The number of anilines is 2. The van der Waals surface area contributed by atoms with E-state index in [9.17, 15) is 9.59 Å². The molecule has 0 radical (unpaired) electrons. The predicted molar refractivity (Wildman–Crippen MR) is 89.0 cm³/mol. The average molecular weight is 331 g/mol. The molecule has 2 aromatic carbocycles. The zero-order valence-electron chi connectivity index (χ0n) is 12.5. The molecule has 0 aliphatic carbocycles. The summed E-state index contributed by atoms with van der Waals surface area (Å²) in [6, 6.07) is 13.3. The van der Waals surface area contributed by atoms with E-state index in [4.69, 9.17) is 16.3 Å². The Balaban J connectivity index is 1.81. The maximum atomic E-state index is 12.6. The van der Waals surface area contributed by atoms with Gasteiger partial charge in [-0.2, -0.15) is 0 Å². The Hall–Kier alpha value is -2.53. The number of hydrogen-bond donors (Lipinski definition) is 1. The van der Waals surface area contributed by atoms with Gasteiger partial charge in [-0.25, -0.2) is 4.90 Å². The molecule has 5 nitrogen and oxygen atoms in total. The maximum Gasteiger partial charge on any atom is 0.256 e. The van der Waals surface area contributed by atoms with E-state index in [-0.39, 0.29) is 18.2 Å². The highest BCUT2D eigenvalue weighted by Crippen LogP contribution is 2.27. The van der Waals surface area contributed by atoms with Crippen molar-refractivity contribution < 1.29 is 14.3 Å². The van der Waals surface area contributed by atoms with Crippen LogP contribution in [0.5, 0.6) is 5.75 Å². The third-order valence-corrected chi connectivity index (χ3v) is 3.86. The van der Waals surface area contributed by atoms with Crippen LogP contribution in [-0.2, 0) is 9.59 Å². The van der Waals surface area contributed by atoms with Gasteiger partial charge < -0.3 is 10.1 Å². The lowest BCUT2D eigenvalue weighted by Crippen LogP contribution is -2.34. The molecule has 3 rings (SSSR count). The van der Waals surface area contributed by atoms with E-state index in [2.05, 4.69) is 5.32 Å². The molecule has 0 spiro atoms. The number of amides is 2. The Labute approximate surface area is 138 Å². The fourth-order valence-corrected chi connectivity index (χ4v) is 2.73. The summed E-state index contributed by atoms with van der Waals surface area (Å²) in [5, 5.41) is 3.56. The maximum absolute atomic E-state index is 12.6. The van der Waals surface area contributed by atoms with Crippen molar-refractivity contribution in [1.82, 2.24) is 0 Å². The molecule has 1 atom stereocenters. The first-order chi connectivity index (χ1) is 11.1. The molecule has 1 N–H and O–H groups in total. The minimum atomic E-state index is -0.603. The fraction of sp³-hybridized carbons (Fsp3) is 0.176. The van der Waals surface area contributed by atoms with Gasteiger partial charge in [0, 0.05) is 16.8 Å². The van der Waals surface area contributed by atoms with Gasteiger partial charge in [0.25, 0.3) is 5.91 Å². The number of rotatable bonds is 4. The Morgan fingerprint density at radius 1 is 1.17 bits per heavy atom. The third kappa shape index (κ3) is 3.14. The molecule has 0 unspecified atom stereocenters. The number of nitrogens with one attached hydrogen (secondary N) is 1. The summed E-state index contributed by atoms with van der Waals surface area (Å²) in [6.07, 6.45) is 0.0998. The number of methoxy groups -OCH3 is 1. The van der Waals surface area contributed by atoms with Crippen molar-refractivity contribution in [2.24, 2.45) is 0 Å². The van der Waals surface area contributed by atoms with Crippen molar-refractivity contribution in [3.05, 3.63) is 53.6 Å². The van der Waals surface area contributed by atoms with Crippen molar-refractivity contribution in [2.75, 3.05) is 17.3 Å². The molecular formula is C17H15ClN2O3. The largest absolute Gasteiger partial charge is 0.497 e. The first-order valence-corrected chi connectivity index (χ1v) is 7.49. The quantitative estimate of drug-likeness (QED) is 0.875. The standard InChI is InChI=1S/C17H15ClN2O3/c1-23-14-7-3-5-12(9-14)19-15-10-16(21)20(17(15)22)13-6-2-4-11(18)8-13/h2-9,15,19H,10H2,1H3/t15-/m0/s1. The van der Waals surface area contributed by atoms with E-state index in [1.807, 2.05) is 18.2 Å². The number of hydrogen-bond acceptors (Lipinski definition) is 4. The zero-order chi connectivity index (χ0) is 16.4. The van der Waals surface area contributed by atoms with Crippen LogP contribution in [0.4, 0.5) is 11.4 Å². The van der Waals surface area contributed by atoms with Crippen molar-refractivity contribution in [3.63, 3.8) is 0 Å². The van der Waals surface area contributed by atoms with Gasteiger partial charge in [0.1, 0.15) is 11.8 Å². The molecule has 23 heavy (non-hydrogen) atoms. The van der Waals surface area contributed by atoms with Crippen LogP contribution in [0, 0.1) is 0 Å². The van der Waals surface area contributed by atoms with E-state index in [0.29, 0.717) is 16.5 Å². The van der Waals surface area contributed by atoms with Gasteiger partial charge in [0.15, 0.2) is 0 Å². The summed E-state index contributed by atoms with van der Waals surface area (Å²) in [6.45, 7) is 0. The number of benzene rings is 2. The number of carbonyl (C=O) groups excluding carboxylic acids is 2. The highest BCUT2D eigenvalue weighted by Gasteiger charge is 2.39.